The molecule has 346 valence electrons. The number of carbonyl (C=O) groups is 3. The summed E-state index contributed by atoms with van der Waals surface area (Å²) in [5.74, 6) is -0.0902. The smallest absolute Gasteiger partial charge is 0.410 e. The molecule has 2 bridgehead atoms. The number of likely N-dealkylation sites (tertiary alicyclic amines) is 1. The maximum absolute atomic E-state index is 14.5. The molecule has 6 aliphatic rings. The molecule has 12 atom stereocenters. The molecule has 5 aliphatic heterocycles. The van der Waals surface area contributed by atoms with E-state index in [1.807, 2.05) is 81.4 Å². The lowest BCUT2D eigenvalue weighted by Gasteiger charge is -2.60. The molecular formula is C47H66N3O12P. The molecule has 8 rings (SSSR count). The van der Waals surface area contributed by atoms with Crippen molar-refractivity contribution in [3.8, 4) is 0 Å². The fourth-order valence-electron chi connectivity index (χ4n) is 10.2. The van der Waals surface area contributed by atoms with Crippen LogP contribution in [0.25, 0.3) is 0 Å². The van der Waals surface area contributed by atoms with Crippen molar-refractivity contribution in [3.05, 3.63) is 83.7 Å². The van der Waals surface area contributed by atoms with Crippen molar-refractivity contribution in [3.63, 3.8) is 0 Å². The molecule has 1 spiro atoms. The maximum Gasteiger partial charge on any atom is 0.410 e. The number of carbonyl (C=O) groups excluding carboxylic acids is 3. The molecule has 6 fully saturated rings. The van der Waals surface area contributed by atoms with Gasteiger partial charge in [-0.05, 0) is 81.4 Å². The average Bonchev–Trinajstić information content (AvgIpc) is 3.56. The number of rotatable bonds is 17. The van der Waals surface area contributed by atoms with Crippen LogP contribution < -0.4 is 10.6 Å². The molecule has 2 aromatic carbocycles. The number of hydrogen-bond donors (Lipinski definition) is 2. The van der Waals surface area contributed by atoms with E-state index in [4.69, 9.17) is 37.8 Å². The number of nitrogens with zero attached hydrogens (tertiary/aromatic N) is 1. The van der Waals surface area contributed by atoms with Crippen LogP contribution in [0.15, 0.2) is 72.6 Å². The van der Waals surface area contributed by atoms with Crippen molar-refractivity contribution < 1.29 is 56.7 Å². The number of fused-ring (bicyclic) bond motifs is 2. The summed E-state index contributed by atoms with van der Waals surface area (Å²) in [6, 6.07) is 15.8. The van der Waals surface area contributed by atoms with Crippen LogP contribution in [0, 0.1) is 29.6 Å². The number of ether oxygens (including phenoxy) is 4. The Hall–Kier alpha value is -3.66. The molecule has 15 nitrogen and oxygen atoms in total. The van der Waals surface area contributed by atoms with Gasteiger partial charge in [0.05, 0.1) is 31.9 Å². The SMILES string of the molecule is CCOP(=O)(/C=C/[C@@H](NC(=O)[C@H](CC(C)C)NC(=O)[C@@H]1C[C@@H](O[C@H]2O[C@@H]3O[C@@]4(C)CC[C@H]5[C@H](C)CC[C@@H]([C@H]2C)[C@@]35OO4)CN1C(=O)OCc1ccccc1)c1ccccc1)OCC. The highest BCUT2D eigenvalue weighted by atomic mass is 31.2. The van der Waals surface area contributed by atoms with Gasteiger partial charge in [-0.3, -0.25) is 19.1 Å². The van der Waals surface area contributed by atoms with Gasteiger partial charge < -0.3 is 38.6 Å². The van der Waals surface area contributed by atoms with E-state index < -0.39 is 73.7 Å². The molecule has 2 N–H and O–H groups in total. The minimum Gasteiger partial charge on any atom is -0.445 e. The topological polar surface area (TPSA) is 169 Å². The second-order valence-electron chi connectivity index (χ2n) is 18.3. The minimum absolute atomic E-state index is 0.00297. The Labute approximate surface area is 371 Å². The van der Waals surface area contributed by atoms with Crippen LogP contribution in [0.2, 0.25) is 0 Å². The predicted molar refractivity (Wildman–Crippen MR) is 232 cm³/mol. The van der Waals surface area contributed by atoms with Crippen molar-refractivity contribution in [2.45, 2.75) is 142 Å². The monoisotopic (exact) mass is 895 g/mol. The van der Waals surface area contributed by atoms with Crippen LogP contribution in [0.3, 0.4) is 0 Å². The largest absolute Gasteiger partial charge is 0.445 e. The van der Waals surface area contributed by atoms with Gasteiger partial charge in [0.25, 0.3) is 0 Å². The Balaban J connectivity index is 1.10. The third-order valence-corrected chi connectivity index (χ3v) is 15.1. The van der Waals surface area contributed by atoms with Gasteiger partial charge in [0.1, 0.15) is 18.7 Å². The van der Waals surface area contributed by atoms with Crippen LogP contribution >= 0.6 is 7.60 Å². The van der Waals surface area contributed by atoms with Gasteiger partial charge >= 0.3 is 13.7 Å². The van der Waals surface area contributed by atoms with E-state index in [1.54, 1.807) is 19.9 Å². The van der Waals surface area contributed by atoms with Crippen molar-refractivity contribution in [1.82, 2.24) is 15.5 Å². The molecule has 0 radical (unpaired) electrons. The molecule has 1 saturated carbocycles. The standard InChI is InChI=1S/C47H66N3O12P/c1-8-56-63(54,57-9-2)25-23-38(34-18-14-11-15-19-34)48-41(51)39(26-30(3)4)49-42(52)40-27-35(28-50(40)45(53)55-29-33-16-12-10-13-17-33)58-43-32(6)37-21-20-31(5)36-22-24-46(7)60-44(59-43)47(36,37)62-61-46/h10-19,23,25,30-32,35-40,43-44H,8-9,20-22,24,26-29H2,1-7H3,(H,48,51)(H,49,52)/b25-23+/t31-,32-,35-,36+,37+,38-,39+,40+,43+,44-,46-,47-/m1/s1. The summed E-state index contributed by atoms with van der Waals surface area (Å²) in [5, 5.41) is 6.03. The maximum atomic E-state index is 14.5. The van der Waals surface area contributed by atoms with Crippen molar-refractivity contribution in [2.75, 3.05) is 19.8 Å². The van der Waals surface area contributed by atoms with Gasteiger partial charge in [-0.2, -0.15) is 0 Å². The Bertz CT molecular complexity index is 1950. The zero-order chi connectivity index (χ0) is 44.9. The summed E-state index contributed by atoms with van der Waals surface area (Å²) in [6.07, 6.45) is 2.78. The normalized spacial score (nSPS) is 32.5. The first-order valence-corrected chi connectivity index (χ1v) is 24.4. The lowest BCUT2D eigenvalue weighted by Crippen LogP contribution is -2.70. The fourth-order valence-corrected chi connectivity index (χ4v) is 11.5. The summed E-state index contributed by atoms with van der Waals surface area (Å²) < 4.78 is 50.2. The number of amides is 3. The molecule has 3 amide bonds. The van der Waals surface area contributed by atoms with E-state index in [0.29, 0.717) is 18.8 Å². The van der Waals surface area contributed by atoms with Gasteiger partial charge in [-0.25, -0.2) is 14.6 Å². The van der Waals surface area contributed by atoms with Gasteiger partial charge in [0.15, 0.2) is 18.2 Å². The van der Waals surface area contributed by atoms with E-state index in [-0.39, 0.29) is 56.5 Å². The third-order valence-electron chi connectivity index (χ3n) is 13.3. The summed E-state index contributed by atoms with van der Waals surface area (Å²) >= 11 is 0. The molecule has 63 heavy (non-hydrogen) atoms. The number of benzene rings is 2. The molecule has 2 aromatic rings. The van der Waals surface area contributed by atoms with E-state index in [1.165, 1.54) is 10.7 Å². The van der Waals surface area contributed by atoms with E-state index in [9.17, 15) is 18.9 Å². The van der Waals surface area contributed by atoms with Crippen molar-refractivity contribution in [2.24, 2.45) is 29.6 Å². The van der Waals surface area contributed by atoms with Crippen molar-refractivity contribution in [1.29, 1.82) is 0 Å². The first kappa shape index (κ1) is 47.3. The number of nitrogens with one attached hydrogen (secondary N) is 2. The Morgan fingerprint density at radius 2 is 1.63 bits per heavy atom. The molecular weight excluding hydrogens is 829 g/mol. The second kappa shape index (κ2) is 20.2. The molecule has 5 saturated heterocycles. The Morgan fingerprint density at radius 1 is 0.937 bits per heavy atom. The summed E-state index contributed by atoms with van der Waals surface area (Å²) in [7, 11) is -3.60. The summed E-state index contributed by atoms with van der Waals surface area (Å²) in [6.45, 7) is 14.0. The molecule has 5 heterocycles. The highest BCUT2D eigenvalue weighted by Crippen LogP contribution is 2.61. The Morgan fingerprint density at radius 3 is 2.32 bits per heavy atom. The minimum atomic E-state index is -3.60. The summed E-state index contributed by atoms with van der Waals surface area (Å²) in [5.41, 5.74) is 0.744. The lowest BCUT2D eigenvalue weighted by atomic mass is 9.58. The Kier molecular flexibility index (Phi) is 15.2. The van der Waals surface area contributed by atoms with Gasteiger partial charge in [-0.15, -0.1) is 0 Å². The van der Waals surface area contributed by atoms with Gasteiger partial charge in [0, 0.05) is 30.5 Å². The predicted octanol–water partition coefficient (Wildman–Crippen LogP) is 8.16. The van der Waals surface area contributed by atoms with E-state index in [2.05, 4.69) is 24.5 Å². The van der Waals surface area contributed by atoms with Crippen LogP contribution in [0.5, 0.6) is 0 Å². The fraction of sp³-hybridized carbons (Fsp3) is 0.638. The van der Waals surface area contributed by atoms with E-state index in [0.717, 1.165) is 30.4 Å². The number of hydrogen-bond acceptors (Lipinski definition) is 12. The van der Waals surface area contributed by atoms with Gasteiger partial charge in [0.2, 0.25) is 17.6 Å². The zero-order valence-electron chi connectivity index (χ0n) is 37.6. The first-order valence-electron chi connectivity index (χ1n) is 22.7. The molecule has 0 unspecified atom stereocenters. The highest BCUT2D eigenvalue weighted by molar-refractivity contribution is 7.57. The quantitative estimate of drug-likeness (QED) is 0.116. The molecule has 0 aromatic heterocycles. The zero-order valence-corrected chi connectivity index (χ0v) is 38.5. The van der Waals surface area contributed by atoms with Crippen LogP contribution in [0.1, 0.15) is 104 Å². The van der Waals surface area contributed by atoms with Crippen LogP contribution in [-0.4, -0.2) is 84.7 Å². The van der Waals surface area contributed by atoms with Crippen LogP contribution in [-0.2, 0) is 58.5 Å². The second-order valence-corrected chi connectivity index (χ2v) is 20.2. The van der Waals surface area contributed by atoms with Crippen LogP contribution in [0.4, 0.5) is 4.79 Å². The van der Waals surface area contributed by atoms with Gasteiger partial charge in [-0.1, -0.05) is 88.4 Å². The van der Waals surface area contributed by atoms with E-state index >= 15 is 0 Å². The average molecular weight is 896 g/mol. The highest BCUT2D eigenvalue weighted by Gasteiger charge is 2.69. The van der Waals surface area contributed by atoms with Crippen molar-refractivity contribution >= 4 is 25.5 Å². The first-order chi connectivity index (χ1) is 30.2. The molecule has 1 aliphatic carbocycles. The molecule has 16 heteroatoms. The lowest BCUT2D eigenvalue weighted by molar-refractivity contribution is -0.578. The third kappa shape index (κ3) is 10.6. The summed E-state index contributed by atoms with van der Waals surface area (Å²) in [4.78, 5) is 56.5.